The largest absolute Gasteiger partial charge is 0.480 e. The van der Waals surface area contributed by atoms with Crippen LogP contribution in [0.3, 0.4) is 0 Å². The molecule has 0 heterocycles. The van der Waals surface area contributed by atoms with Crippen molar-refractivity contribution >= 4 is 17.6 Å². The molecule has 0 aliphatic rings. The van der Waals surface area contributed by atoms with E-state index in [9.17, 15) is 24.8 Å². The highest BCUT2D eigenvalue weighted by atomic mass is 16.6. The number of hydrogen-bond donors (Lipinski definition) is 2. The molecular formula is C17H16N2O5. The molecule has 124 valence electrons. The number of nitro benzene ring substituents is 1. The van der Waals surface area contributed by atoms with E-state index in [2.05, 4.69) is 5.32 Å². The number of carboxylic acid groups (broad SMARTS) is 1. The third kappa shape index (κ3) is 4.16. The Labute approximate surface area is 138 Å². The molecule has 0 aliphatic heterocycles. The number of nitrogens with zero attached hydrogens (tertiary/aromatic N) is 1. The second-order valence-electron chi connectivity index (χ2n) is 5.30. The van der Waals surface area contributed by atoms with E-state index in [4.69, 9.17) is 0 Å². The lowest BCUT2D eigenvalue weighted by Gasteiger charge is -2.16. The maximum absolute atomic E-state index is 12.2. The van der Waals surface area contributed by atoms with Gasteiger partial charge in [-0.05, 0) is 24.1 Å². The molecule has 7 nitrogen and oxygen atoms in total. The molecule has 0 spiro atoms. The summed E-state index contributed by atoms with van der Waals surface area (Å²) >= 11 is 0. The molecule has 0 aliphatic carbocycles. The van der Waals surface area contributed by atoms with Gasteiger partial charge >= 0.3 is 5.97 Å². The van der Waals surface area contributed by atoms with Gasteiger partial charge in [-0.1, -0.05) is 30.3 Å². The molecule has 2 rings (SSSR count). The van der Waals surface area contributed by atoms with Gasteiger partial charge in [0.15, 0.2) is 0 Å². The summed E-state index contributed by atoms with van der Waals surface area (Å²) < 4.78 is 0. The normalized spacial score (nSPS) is 11.5. The zero-order valence-electron chi connectivity index (χ0n) is 12.9. The van der Waals surface area contributed by atoms with Crippen LogP contribution in [-0.2, 0) is 11.2 Å². The first-order valence-corrected chi connectivity index (χ1v) is 7.21. The maximum Gasteiger partial charge on any atom is 0.326 e. The van der Waals surface area contributed by atoms with Gasteiger partial charge in [-0.25, -0.2) is 4.79 Å². The highest BCUT2D eigenvalue weighted by molar-refractivity contribution is 5.97. The molecule has 1 atom stereocenters. The molecule has 7 heteroatoms. The fourth-order valence-corrected chi connectivity index (χ4v) is 2.26. The number of carboxylic acids is 1. The van der Waals surface area contributed by atoms with Crippen LogP contribution in [0.25, 0.3) is 0 Å². The standard InChI is InChI=1S/C17H16N2O5/c1-11-5-2-3-6-12(11)10-15(17(21)22)18-16(20)13-7-4-8-14(9-13)19(23)24/h2-9,15H,10H2,1H3,(H,18,20)(H,21,22)/t15-/m0/s1. The number of nitrogens with one attached hydrogen (secondary N) is 1. The second-order valence-corrected chi connectivity index (χ2v) is 5.30. The maximum atomic E-state index is 12.2. The fraction of sp³-hybridized carbons (Fsp3) is 0.176. The van der Waals surface area contributed by atoms with Crippen molar-refractivity contribution in [1.29, 1.82) is 0 Å². The van der Waals surface area contributed by atoms with Crippen LogP contribution in [0, 0.1) is 17.0 Å². The van der Waals surface area contributed by atoms with Gasteiger partial charge < -0.3 is 10.4 Å². The number of aliphatic carboxylic acids is 1. The topological polar surface area (TPSA) is 110 Å². The van der Waals surface area contributed by atoms with Crippen LogP contribution in [0.4, 0.5) is 5.69 Å². The van der Waals surface area contributed by atoms with Crippen molar-refractivity contribution in [1.82, 2.24) is 5.32 Å². The van der Waals surface area contributed by atoms with Gasteiger partial charge in [-0.3, -0.25) is 14.9 Å². The summed E-state index contributed by atoms with van der Waals surface area (Å²) in [7, 11) is 0. The zero-order valence-corrected chi connectivity index (χ0v) is 12.9. The number of benzene rings is 2. The fourth-order valence-electron chi connectivity index (χ4n) is 2.26. The lowest BCUT2D eigenvalue weighted by molar-refractivity contribution is -0.384. The molecule has 0 radical (unpaired) electrons. The molecule has 2 aromatic carbocycles. The van der Waals surface area contributed by atoms with Gasteiger partial charge in [0.1, 0.15) is 6.04 Å². The first-order chi connectivity index (χ1) is 11.4. The Morgan fingerprint density at radius 2 is 1.92 bits per heavy atom. The summed E-state index contributed by atoms with van der Waals surface area (Å²) in [6.07, 6.45) is 0.128. The molecular weight excluding hydrogens is 312 g/mol. The van der Waals surface area contributed by atoms with Gasteiger partial charge in [0.2, 0.25) is 0 Å². The molecule has 1 amide bonds. The zero-order chi connectivity index (χ0) is 17.7. The minimum Gasteiger partial charge on any atom is -0.480 e. The first kappa shape index (κ1) is 17.1. The number of carbonyl (C=O) groups is 2. The Bertz CT molecular complexity index is 788. The molecule has 0 unspecified atom stereocenters. The van der Waals surface area contributed by atoms with Crippen molar-refractivity contribution in [3.05, 3.63) is 75.3 Å². The third-order valence-corrected chi connectivity index (χ3v) is 3.61. The number of nitro groups is 1. The van der Waals surface area contributed by atoms with Crippen LogP contribution >= 0.6 is 0 Å². The lowest BCUT2D eigenvalue weighted by atomic mass is 10.0. The predicted octanol–water partition coefficient (Wildman–Crippen LogP) is 2.33. The van der Waals surface area contributed by atoms with E-state index >= 15 is 0 Å². The van der Waals surface area contributed by atoms with Crippen LogP contribution in [-0.4, -0.2) is 27.9 Å². The summed E-state index contributed by atoms with van der Waals surface area (Å²) in [5.41, 5.74) is 1.55. The molecule has 0 saturated heterocycles. The minimum absolute atomic E-state index is 0.0419. The van der Waals surface area contributed by atoms with Gasteiger partial charge in [0.25, 0.3) is 11.6 Å². The van der Waals surface area contributed by atoms with Crippen molar-refractivity contribution in [3.8, 4) is 0 Å². The quantitative estimate of drug-likeness (QED) is 0.625. The van der Waals surface area contributed by atoms with E-state index in [0.717, 1.165) is 17.2 Å². The van der Waals surface area contributed by atoms with E-state index in [1.54, 1.807) is 12.1 Å². The van der Waals surface area contributed by atoms with E-state index in [1.807, 2.05) is 19.1 Å². The van der Waals surface area contributed by atoms with Crippen molar-refractivity contribution in [2.45, 2.75) is 19.4 Å². The van der Waals surface area contributed by atoms with Crippen molar-refractivity contribution in [2.75, 3.05) is 0 Å². The van der Waals surface area contributed by atoms with Gasteiger partial charge in [-0.15, -0.1) is 0 Å². The van der Waals surface area contributed by atoms with E-state index in [1.165, 1.54) is 18.2 Å². The molecule has 0 aromatic heterocycles. The van der Waals surface area contributed by atoms with Crippen LogP contribution in [0.15, 0.2) is 48.5 Å². The summed E-state index contributed by atoms with van der Waals surface area (Å²) in [4.78, 5) is 33.8. The molecule has 0 saturated carbocycles. The molecule has 0 fully saturated rings. The third-order valence-electron chi connectivity index (χ3n) is 3.61. The van der Waals surface area contributed by atoms with Crippen molar-refractivity contribution < 1.29 is 19.6 Å². The van der Waals surface area contributed by atoms with Gasteiger partial charge in [0.05, 0.1) is 4.92 Å². The number of non-ortho nitro benzene ring substituents is 1. The van der Waals surface area contributed by atoms with Crippen LogP contribution < -0.4 is 5.32 Å². The average molecular weight is 328 g/mol. The van der Waals surface area contributed by atoms with Crippen molar-refractivity contribution in [3.63, 3.8) is 0 Å². The summed E-state index contributed by atoms with van der Waals surface area (Å²) in [5, 5.41) is 22.5. The second kappa shape index (κ2) is 7.36. The van der Waals surface area contributed by atoms with Gasteiger partial charge in [0, 0.05) is 24.1 Å². The van der Waals surface area contributed by atoms with Crippen LogP contribution in [0.5, 0.6) is 0 Å². The highest BCUT2D eigenvalue weighted by Gasteiger charge is 2.22. The van der Waals surface area contributed by atoms with E-state index in [-0.39, 0.29) is 17.7 Å². The molecule has 2 aromatic rings. The number of carbonyl (C=O) groups excluding carboxylic acids is 1. The SMILES string of the molecule is Cc1ccccc1C[C@H](NC(=O)c1cccc([N+](=O)[O-])c1)C(=O)O. The van der Waals surface area contributed by atoms with E-state index < -0.39 is 22.8 Å². The monoisotopic (exact) mass is 328 g/mol. The minimum atomic E-state index is -1.17. The summed E-state index contributed by atoms with van der Waals surface area (Å²) in [5.74, 6) is -1.84. The smallest absolute Gasteiger partial charge is 0.326 e. The van der Waals surface area contributed by atoms with Crippen LogP contribution in [0.1, 0.15) is 21.5 Å². The molecule has 2 N–H and O–H groups in total. The van der Waals surface area contributed by atoms with Gasteiger partial charge in [-0.2, -0.15) is 0 Å². The Hall–Kier alpha value is -3.22. The van der Waals surface area contributed by atoms with E-state index in [0.29, 0.717) is 0 Å². The number of hydrogen-bond acceptors (Lipinski definition) is 4. The summed E-state index contributed by atoms with van der Waals surface area (Å²) in [6, 6.07) is 11.3. The summed E-state index contributed by atoms with van der Waals surface area (Å²) in [6.45, 7) is 1.86. The Kier molecular flexibility index (Phi) is 5.26. The van der Waals surface area contributed by atoms with Crippen LogP contribution in [0.2, 0.25) is 0 Å². The Morgan fingerprint density at radius 1 is 1.21 bits per heavy atom. The molecule has 0 bridgehead atoms. The number of amides is 1. The first-order valence-electron chi connectivity index (χ1n) is 7.21. The number of rotatable bonds is 6. The number of aryl methyl sites for hydroxylation is 1. The average Bonchev–Trinajstić information content (AvgIpc) is 2.56. The van der Waals surface area contributed by atoms with Crippen molar-refractivity contribution in [2.24, 2.45) is 0 Å². The Balaban J connectivity index is 2.17. The lowest BCUT2D eigenvalue weighted by Crippen LogP contribution is -2.42. The highest BCUT2D eigenvalue weighted by Crippen LogP contribution is 2.14. The molecule has 24 heavy (non-hydrogen) atoms. The predicted molar refractivity (Wildman–Crippen MR) is 86.9 cm³/mol. The Morgan fingerprint density at radius 3 is 2.54 bits per heavy atom.